The monoisotopic (exact) mass is 501 g/mol. The number of amides is 1. The first kappa shape index (κ1) is 24.5. The smallest absolute Gasteiger partial charge is 0.416 e. The molecule has 0 bridgehead atoms. The molecule has 1 aliphatic heterocycles. The van der Waals surface area contributed by atoms with E-state index in [9.17, 15) is 27.6 Å². The molecule has 1 heterocycles. The standard InChI is InChI=1S/C26H19ClF3NO4/c1-2-35-20-13-10-17(26(28,29)30)14-19(20)31-22(15-8-11-18(27)12-9-15)21(24(33)25(31)34)23(32)16-6-4-3-5-7-16/h3-14,21-22H,2H2,1H3. The number of hydrogen-bond acceptors (Lipinski definition) is 4. The van der Waals surface area contributed by atoms with Crippen LogP contribution in [-0.2, 0) is 15.8 Å². The van der Waals surface area contributed by atoms with Gasteiger partial charge in [0, 0.05) is 10.6 Å². The van der Waals surface area contributed by atoms with Crippen molar-refractivity contribution >= 4 is 34.8 Å². The van der Waals surface area contributed by atoms with Gasteiger partial charge in [0.1, 0.15) is 11.7 Å². The van der Waals surface area contributed by atoms with E-state index in [-0.39, 0.29) is 23.6 Å². The second kappa shape index (κ2) is 9.54. The fourth-order valence-corrected chi connectivity index (χ4v) is 4.26. The molecule has 2 atom stereocenters. The maximum atomic E-state index is 13.6. The van der Waals surface area contributed by atoms with Gasteiger partial charge in [0.15, 0.2) is 5.78 Å². The number of benzene rings is 3. The zero-order valence-electron chi connectivity index (χ0n) is 18.4. The minimum Gasteiger partial charge on any atom is -0.492 e. The lowest BCUT2D eigenvalue weighted by Crippen LogP contribution is -2.31. The largest absolute Gasteiger partial charge is 0.492 e. The molecule has 0 saturated carbocycles. The number of ketones is 2. The molecular formula is C26H19ClF3NO4. The van der Waals surface area contributed by atoms with Crippen LogP contribution in [0.15, 0.2) is 72.8 Å². The SMILES string of the molecule is CCOc1ccc(C(F)(F)F)cc1N1C(=O)C(=O)C(C(=O)c2ccccc2)C1c1ccc(Cl)cc1. The fraction of sp³-hybridized carbons (Fsp3) is 0.192. The second-order valence-electron chi connectivity index (χ2n) is 7.86. The van der Waals surface area contributed by atoms with Crippen LogP contribution < -0.4 is 9.64 Å². The predicted octanol–water partition coefficient (Wildman–Crippen LogP) is 5.91. The Morgan fingerprint density at radius 2 is 1.66 bits per heavy atom. The van der Waals surface area contributed by atoms with Crippen LogP contribution in [0.2, 0.25) is 5.02 Å². The Bertz CT molecular complexity index is 1280. The minimum absolute atomic E-state index is 0.0200. The van der Waals surface area contributed by atoms with Gasteiger partial charge in [-0.15, -0.1) is 0 Å². The highest BCUT2D eigenvalue weighted by molar-refractivity contribution is 6.49. The van der Waals surface area contributed by atoms with Gasteiger partial charge in [0.25, 0.3) is 5.91 Å². The molecule has 0 N–H and O–H groups in total. The summed E-state index contributed by atoms with van der Waals surface area (Å²) >= 11 is 6.00. The molecule has 1 saturated heterocycles. The number of rotatable bonds is 6. The van der Waals surface area contributed by atoms with Gasteiger partial charge in [-0.25, -0.2) is 0 Å². The lowest BCUT2D eigenvalue weighted by atomic mass is 9.86. The van der Waals surface area contributed by atoms with Crippen LogP contribution in [0.25, 0.3) is 0 Å². The molecule has 4 rings (SSSR count). The third kappa shape index (κ3) is 4.66. The van der Waals surface area contributed by atoms with E-state index in [0.717, 1.165) is 23.1 Å². The molecule has 1 fully saturated rings. The summed E-state index contributed by atoms with van der Waals surface area (Å²) in [6, 6.07) is 15.5. The summed E-state index contributed by atoms with van der Waals surface area (Å²) in [6.45, 7) is 1.74. The Balaban J connectivity index is 1.93. The number of anilines is 1. The van der Waals surface area contributed by atoms with Crippen molar-refractivity contribution in [3.05, 3.63) is 94.5 Å². The Morgan fingerprint density at radius 3 is 2.26 bits per heavy atom. The van der Waals surface area contributed by atoms with E-state index in [1.54, 1.807) is 25.1 Å². The van der Waals surface area contributed by atoms with Crippen molar-refractivity contribution in [1.29, 1.82) is 0 Å². The van der Waals surface area contributed by atoms with Crippen molar-refractivity contribution in [2.75, 3.05) is 11.5 Å². The summed E-state index contributed by atoms with van der Waals surface area (Å²) in [7, 11) is 0. The number of alkyl halides is 3. The van der Waals surface area contributed by atoms with Gasteiger partial charge in [0.05, 0.1) is 23.9 Å². The molecule has 0 spiro atoms. The van der Waals surface area contributed by atoms with E-state index >= 15 is 0 Å². The molecule has 0 aliphatic carbocycles. The van der Waals surface area contributed by atoms with Crippen LogP contribution in [0.5, 0.6) is 5.75 Å². The summed E-state index contributed by atoms with van der Waals surface area (Å²) in [5, 5.41) is 0.371. The Morgan fingerprint density at radius 1 is 1.00 bits per heavy atom. The molecule has 35 heavy (non-hydrogen) atoms. The Labute approximate surface area is 204 Å². The van der Waals surface area contributed by atoms with Gasteiger partial charge < -0.3 is 4.74 Å². The average Bonchev–Trinajstić information content (AvgIpc) is 3.10. The molecule has 1 aliphatic rings. The number of carbonyl (C=O) groups is 3. The first-order chi connectivity index (χ1) is 16.6. The fourth-order valence-electron chi connectivity index (χ4n) is 4.14. The molecule has 3 aromatic rings. The van der Waals surface area contributed by atoms with Gasteiger partial charge in [0.2, 0.25) is 5.78 Å². The quantitative estimate of drug-likeness (QED) is 0.239. The molecule has 5 nitrogen and oxygen atoms in total. The van der Waals surface area contributed by atoms with Crippen molar-refractivity contribution < 1.29 is 32.3 Å². The van der Waals surface area contributed by atoms with Crippen molar-refractivity contribution in [2.24, 2.45) is 5.92 Å². The minimum atomic E-state index is -4.71. The Hall–Kier alpha value is -3.65. The molecule has 3 aromatic carbocycles. The third-order valence-electron chi connectivity index (χ3n) is 5.70. The maximum absolute atomic E-state index is 13.6. The van der Waals surface area contributed by atoms with Crippen LogP contribution >= 0.6 is 11.6 Å². The first-order valence-corrected chi connectivity index (χ1v) is 11.1. The average molecular weight is 502 g/mol. The lowest BCUT2D eigenvalue weighted by Gasteiger charge is -2.29. The van der Waals surface area contributed by atoms with E-state index in [2.05, 4.69) is 0 Å². The van der Waals surface area contributed by atoms with Crippen LogP contribution in [0.4, 0.5) is 18.9 Å². The summed E-state index contributed by atoms with van der Waals surface area (Å²) in [4.78, 5) is 40.8. The zero-order chi connectivity index (χ0) is 25.3. The first-order valence-electron chi connectivity index (χ1n) is 10.7. The van der Waals surface area contributed by atoms with Crippen LogP contribution in [0, 0.1) is 5.92 Å². The number of Topliss-reactive ketones (excluding diaryl/α,β-unsaturated/α-hetero) is 2. The van der Waals surface area contributed by atoms with Crippen molar-refractivity contribution in [1.82, 2.24) is 0 Å². The van der Waals surface area contributed by atoms with Gasteiger partial charge in [-0.1, -0.05) is 54.1 Å². The summed E-state index contributed by atoms with van der Waals surface area (Å²) < 4.78 is 46.2. The number of ether oxygens (including phenoxy) is 1. The van der Waals surface area contributed by atoms with Crippen LogP contribution in [0.1, 0.15) is 34.5 Å². The number of nitrogens with zero attached hydrogens (tertiary/aromatic N) is 1. The van der Waals surface area contributed by atoms with Crippen LogP contribution in [0.3, 0.4) is 0 Å². The van der Waals surface area contributed by atoms with Crippen molar-refractivity contribution in [3.63, 3.8) is 0 Å². The van der Waals surface area contributed by atoms with Crippen LogP contribution in [-0.4, -0.2) is 24.1 Å². The zero-order valence-corrected chi connectivity index (χ0v) is 19.1. The van der Waals surface area contributed by atoms with E-state index in [0.29, 0.717) is 10.6 Å². The summed E-state index contributed by atoms with van der Waals surface area (Å²) in [5.41, 5.74) is -0.705. The highest BCUT2D eigenvalue weighted by Gasteiger charge is 2.53. The molecule has 2 unspecified atom stereocenters. The molecule has 1 amide bonds. The number of carbonyl (C=O) groups excluding carboxylic acids is 3. The molecular weight excluding hydrogens is 483 g/mol. The molecule has 9 heteroatoms. The molecule has 180 valence electrons. The second-order valence-corrected chi connectivity index (χ2v) is 8.29. The Kier molecular flexibility index (Phi) is 6.67. The van der Waals surface area contributed by atoms with E-state index in [1.165, 1.54) is 36.4 Å². The predicted molar refractivity (Wildman–Crippen MR) is 124 cm³/mol. The van der Waals surface area contributed by atoms with E-state index in [4.69, 9.17) is 16.3 Å². The van der Waals surface area contributed by atoms with Gasteiger partial charge in [-0.3, -0.25) is 19.3 Å². The molecule has 0 aromatic heterocycles. The number of halogens is 4. The summed E-state index contributed by atoms with van der Waals surface area (Å²) in [5.74, 6) is -4.22. The van der Waals surface area contributed by atoms with Gasteiger partial charge in [-0.05, 0) is 42.8 Å². The third-order valence-corrected chi connectivity index (χ3v) is 5.96. The van der Waals surface area contributed by atoms with E-state index < -0.39 is 41.2 Å². The number of hydrogen-bond donors (Lipinski definition) is 0. The molecule has 0 radical (unpaired) electrons. The summed E-state index contributed by atoms with van der Waals surface area (Å²) in [6.07, 6.45) is -4.71. The maximum Gasteiger partial charge on any atom is 0.416 e. The highest BCUT2D eigenvalue weighted by atomic mass is 35.5. The van der Waals surface area contributed by atoms with Gasteiger partial charge >= 0.3 is 6.18 Å². The van der Waals surface area contributed by atoms with Gasteiger partial charge in [-0.2, -0.15) is 13.2 Å². The topological polar surface area (TPSA) is 63.7 Å². The highest BCUT2D eigenvalue weighted by Crippen LogP contribution is 2.46. The lowest BCUT2D eigenvalue weighted by molar-refractivity contribution is -0.137. The normalized spacial score (nSPS) is 18.1. The van der Waals surface area contributed by atoms with E-state index in [1.807, 2.05) is 0 Å². The van der Waals surface area contributed by atoms with Crippen molar-refractivity contribution in [3.8, 4) is 5.75 Å². The van der Waals surface area contributed by atoms with Crippen molar-refractivity contribution in [2.45, 2.75) is 19.1 Å².